The van der Waals surface area contributed by atoms with Gasteiger partial charge < -0.3 is 5.73 Å². The Balaban J connectivity index is 2.06. The number of ketones is 1. The third-order valence-corrected chi connectivity index (χ3v) is 2.49. The zero-order chi connectivity index (χ0) is 12.1. The molecule has 0 saturated heterocycles. The molecule has 0 fully saturated rings. The quantitative estimate of drug-likeness (QED) is 0.797. The first-order chi connectivity index (χ1) is 8.27. The van der Waals surface area contributed by atoms with E-state index in [0.717, 1.165) is 5.56 Å². The number of hydrogen-bond acceptors (Lipinski definition) is 4. The number of nitrogens with zero attached hydrogens (tertiary/aromatic N) is 2. The number of rotatable bonds is 4. The van der Waals surface area contributed by atoms with Gasteiger partial charge in [-0.3, -0.25) is 14.8 Å². The first-order valence-electron chi connectivity index (χ1n) is 5.36. The molecule has 86 valence electrons. The molecule has 17 heavy (non-hydrogen) atoms. The number of aromatic nitrogens is 2. The van der Waals surface area contributed by atoms with Gasteiger partial charge in [0.25, 0.3) is 0 Å². The van der Waals surface area contributed by atoms with Crippen molar-refractivity contribution in [3.05, 3.63) is 60.2 Å². The van der Waals surface area contributed by atoms with Crippen molar-refractivity contribution < 1.29 is 4.79 Å². The monoisotopic (exact) mass is 227 g/mol. The van der Waals surface area contributed by atoms with Gasteiger partial charge in [0.05, 0.1) is 6.04 Å². The first kappa shape index (κ1) is 11.4. The molecule has 2 aromatic rings. The Morgan fingerprint density at radius 2 is 1.94 bits per heavy atom. The van der Waals surface area contributed by atoms with Crippen molar-refractivity contribution in [1.29, 1.82) is 0 Å². The lowest BCUT2D eigenvalue weighted by molar-refractivity contribution is 0.0960. The fraction of sp³-hybridized carbons (Fsp3) is 0.154. The smallest absolute Gasteiger partial charge is 0.181 e. The van der Waals surface area contributed by atoms with Crippen LogP contribution in [-0.4, -0.2) is 21.8 Å². The summed E-state index contributed by atoms with van der Waals surface area (Å²) >= 11 is 0. The van der Waals surface area contributed by atoms with E-state index < -0.39 is 6.04 Å². The Bertz CT molecular complexity index is 485. The molecule has 2 heterocycles. The molecule has 2 rings (SSSR count). The summed E-state index contributed by atoms with van der Waals surface area (Å²) in [6.45, 7) is 0. The standard InChI is InChI=1S/C13H13N3O/c14-12(8-10-3-6-15-7-4-10)13(17)11-2-1-5-16-9-11/h1-7,9,12H,8,14H2. The van der Waals surface area contributed by atoms with Crippen LogP contribution in [0.15, 0.2) is 49.1 Å². The van der Waals surface area contributed by atoms with Crippen molar-refractivity contribution in [2.45, 2.75) is 12.5 Å². The average Bonchev–Trinajstić information content (AvgIpc) is 2.40. The summed E-state index contributed by atoms with van der Waals surface area (Å²) in [6.07, 6.45) is 7.06. The number of nitrogens with two attached hydrogens (primary N) is 1. The van der Waals surface area contributed by atoms with Crippen molar-refractivity contribution in [3.63, 3.8) is 0 Å². The molecule has 0 spiro atoms. The molecule has 0 aliphatic heterocycles. The van der Waals surface area contributed by atoms with Gasteiger partial charge in [0.2, 0.25) is 0 Å². The summed E-state index contributed by atoms with van der Waals surface area (Å²) in [4.78, 5) is 19.8. The van der Waals surface area contributed by atoms with E-state index in [2.05, 4.69) is 9.97 Å². The number of pyridine rings is 2. The topological polar surface area (TPSA) is 68.9 Å². The molecule has 0 saturated carbocycles. The molecule has 0 aliphatic carbocycles. The number of hydrogen-bond donors (Lipinski definition) is 1. The van der Waals surface area contributed by atoms with Crippen LogP contribution in [0.25, 0.3) is 0 Å². The SMILES string of the molecule is NC(Cc1ccncc1)C(=O)c1cccnc1. The van der Waals surface area contributed by atoms with E-state index in [4.69, 9.17) is 5.73 Å². The molecule has 4 heteroatoms. The van der Waals surface area contributed by atoms with Gasteiger partial charge in [0.1, 0.15) is 0 Å². The fourth-order valence-electron chi connectivity index (χ4n) is 1.59. The second kappa shape index (κ2) is 5.32. The Labute approximate surface area is 99.5 Å². The second-order valence-corrected chi connectivity index (χ2v) is 3.77. The van der Waals surface area contributed by atoms with Gasteiger partial charge in [-0.25, -0.2) is 0 Å². The first-order valence-corrected chi connectivity index (χ1v) is 5.36. The Hall–Kier alpha value is -2.07. The lowest BCUT2D eigenvalue weighted by atomic mass is 10.0. The van der Waals surface area contributed by atoms with Gasteiger partial charge in [0.15, 0.2) is 5.78 Å². The van der Waals surface area contributed by atoms with Gasteiger partial charge >= 0.3 is 0 Å². The highest BCUT2D eigenvalue weighted by molar-refractivity contribution is 5.99. The predicted molar refractivity (Wildman–Crippen MR) is 64.5 cm³/mol. The summed E-state index contributed by atoms with van der Waals surface area (Å²) in [6, 6.07) is 6.63. The van der Waals surface area contributed by atoms with Crippen LogP contribution in [0, 0.1) is 0 Å². The molecule has 0 aliphatic rings. The van der Waals surface area contributed by atoms with Gasteiger partial charge in [-0.15, -0.1) is 0 Å². The van der Waals surface area contributed by atoms with Crippen molar-refractivity contribution in [3.8, 4) is 0 Å². The van der Waals surface area contributed by atoms with E-state index in [1.807, 2.05) is 12.1 Å². The van der Waals surface area contributed by atoms with Gasteiger partial charge in [-0.05, 0) is 36.2 Å². The summed E-state index contributed by atoms with van der Waals surface area (Å²) in [5, 5.41) is 0. The molecular weight excluding hydrogens is 214 g/mol. The van der Waals surface area contributed by atoms with Crippen molar-refractivity contribution >= 4 is 5.78 Å². The van der Waals surface area contributed by atoms with E-state index in [1.54, 1.807) is 30.7 Å². The molecule has 0 radical (unpaired) electrons. The van der Waals surface area contributed by atoms with Crippen molar-refractivity contribution in [2.75, 3.05) is 0 Å². The van der Waals surface area contributed by atoms with Gasteiger partial charge in [-0.2, -0.15) is 0 Å². The molecule has 1 unspecified atom stereocenters. The highest BCUT2D eigenvalue weighted by Gasteiger charge is 2.15. The van der Waals surface area contributed by atoms with E-state index in [9.17, 15) is 4.79 Å². The van der Waals surface area contributed by atoms with Crippen LogP contribution >= 0.6 is 0 Å². The van der Waals surface area contributed by atoms with Gasteiger partial charge in [-0.1, -0.05) is 0 Å². The van der Waals surface area contributed by atoms with Crippen LogP contribution in [-0.2, 0) is 6.42 Å². The maximum atomic E-state index is 12.0. The van der Waals surface area contributed by atoms with Gasteiger partial charge in [0, 0.05) is 30.4 Å². The summed E-state index contributed by atoms with van der Waals surface area (Å²) in [5.74, 6) is -0.0880. The van der Waals surface area contributed by atoms with E-state index >= 15 is 0 Å². The molecule has 0 bridgehead atoms. The molecular formula is C13H13N3O. The zero-order valence-electron chi connectivity index (χ0n) is 9.28. The highest BCUT2D eigenvalue weighted by Crippen LogP contribution is 2.06. The minimum absolute atomic E-state index is 0.0880. The number of carbonyl (C=O) groups excluding carboxylic acids is 1. The number of carbonyl (C=O) groups is 1. The lowest BCUT2D eigenvalue weighted by Crippen LogP contribution is -2.32. The molecule has 4 nitrogen and oxygen atoms in total. The minimum atomic E-state index is -0.540. The third kappa shape index (κ3) is 2.95. The summed E-state index contributed by atoms with van der Waals surface area (Å²) in [7, 11) is 0. The number of Topliss-reactive ketones (excluding diaryl/α,β-unsaturated/α-hetero) is 1. The zero-order valence-corrected chi connectivity index (χ0v) is 9.28. The van der Waals surface area contributed by atoms with E-state index in [0.29, 0.717) is 12.0 Å². The third-order valence-electron chi connectivity index (χ3n) is 2.49. The average molecular weight is 227 g/mol. The molecule has 2 aromatic heterocycles. The highest BCUT2D eigenvalue weighted by atomic mass is 16.1. The van der Waals surface area contributed by atoms with Crippen molar-refractivity contribution in [2.24, 2.45) is 5.73 Å². The second-order valence-electron chi connectivity index (χ2n) is 3.77. The normalized spacial score (nSPS) is 12.1. The summed E-state index contributed by atoms with van der Waals surface area (Å²) < 4.78 is 0. The minimum Gasteiger partial charge on any atom is -0.321 e. The van der Waals surface area contributed by atoms with Crippen molar-refractivity contribution in [1.82, 2.24) is 9.97 Å². The van der Waals surface area contributed by atoms with Crippen LogP contribution in [0.2, 0.25) is 0 Å². The molecule has 0 aromatic carbocycles. The maximum Gasteiger partial charge on any atom is 0.181 e. The van der Waals surface area contributed by atoms with Crippen LogP contribution in [0.5, 0.6) is 0 Å². The van der Waals surface area contributed by atoms with Crippen LogP contribution in [0.3, 0.4) is 0 Å². The molecule has 2 N–H and O–H groups in total. The Morgan fingerprint density at radius 3 is 2.59 bits per heavy atom. The van der Waals surface area contributed by atoms with Crippen LogP contribution in [0.1, 0.15) is 15.9 Å². The predicted octanol–water partition coefficient (Wildman–Crippen LogP) is 1.23. The van der Waals surface area contributed by atoms with E-state index in [-0.39, 0.29) is 5.78 Å². The molecule has 0 amide bonds. The molecule has 1 atom stereocenters. The van der Waals surface area contributed by atoms with Crippen LogP contribution < -0.4 is 5.73 Å². The lowest BCUT2D eigenvalue weighted by Gasteiger charge is -2.10. The van der Waals surface area contributed by atoms with E-state index in [1.165, 1.54) is 6.20 Å². The fourth-order valence-corrected chi connectivity index (χ4v) is 1.59. The summed E-state index contributed by atoms with van der Waals surface area (Å²) in [5.41, 5.74) is 7.44. The Kier molecular flexibility index (Phi) is 3.57. The maximum absolute atomic E-state index is 12.0. The Morgan fingerprint density at radius 1 is 1.18 bits per heavy atom. The van der Waals surface area contributed by atoms with Crippen LogP contribution in [0.4, 0.5) is 0 Å². The largest absolute Gasteiger partial charge is 0.321 e.